The summed E-state index contributed by atoms with van der Waals surface area (Å²) in [6, 6.07) is 5.17. The van der Waals surface area contributed by atoms with Gasteiger partial charge in [-0.1, -0.05) is 15.9 Å². The maximum atomic E-state index is 12.7. The second kappa shape index (κ2) is 6.06. The van der Waals surface area contributed by atoms with Gasteiger partial charge in [0.1, 0.15) is 0 Å². The molecule has 0 unspecified atom stereocenters. The molecule has 1 amide bonds. The number of hydrogen-bond donors (Lipinski definition) is 0. The van der Waals surface area contributed by atoms with E-state index in [-0.39, 0.29) is 23.0 Å². The van der Waals surface area contributed by atoms with Gasteiger partial charge in [0.25, 0.3) is 5.91 Å². The number of carbonyl (C=O) groups is 1. The van der Waals surface area contributed by atoms with Crippen LogP contribution in [0.25, 0.3) is 0 Å². The van der Waals surface area contributed by atoms with Crippen molar-refractivity contribution in [2.75, 3.05) is 13.6 Å². The molecule has 19 heavy (non-hydrogen) atoms. The van der Waals surface area contributed by atoms with Crippen LogP contribution in [0.2, 0.25) is 0 Å². The molecule has 0 radical (unpaired) electrons. The van der Waals surface area contributed by atoms with Crippen molar-refractivity contribution < 1.29 is 18.0 Å². The van der Waals surface area contributed by atoms with E-state index in [1.54, 1.807) is 0 Å². The topological polar surface area (TPSA) is 44.1 Å². The van der Waals surface area contributed by atoms with E-state index in [4.69, 9.17) is 5.26 Å². The number of carbonyl (C=O) groups excluding carboxylic acids is 1. The van der Waals surface area contributed by atoms with Gasteiger partial charge in [-0.2, -0.15) is 18.4 Å². The first kappa shape index (κ1) is 15.5. The Bertz CT molecular complexity index is 523. The molecule has 1 aromatic carbocycles. The zero-order chi connectivity index (χ0) is 14.6. The Morgan fingerprint density at radius 2 is 2.11 bits per heavy atom. The minimum atomic E-state index is -4.53. The van der Waals surface area contributed by atoms with E-state index in [1.165, 1.54) is 24.1 Å². The van der Waals surface area contributed by atoms with Crippen molar-refractivity contribution in [1.29, 1.82) is 5.26 Å². The van der Waals surface area contributed by atoms with Crippen molar-refractivity contribution >= 4 is 21.8 Å². The normalized spacial score (nSPS) is 10.9. The standard InChI is InChI=1S/C12H10BrF3N2O/c1-18(6-2-5-17)11(19)8-3-4-10(13)9(7-8)12(14,15)16/h3-4,7H,2,6H2,1H3. The highest BCUT2D eigenvalue weighted by molar-refractivity contribution is 9.10. The summed E-state index contributed by atoms with van der Waals surface area (Å²) in [5, 5.41) is 8.41. The molecule has 0 fully saturated rings. The third-order valence-electron chi connectivity index (χ3n) is 2.42. The molecule has 0 aliphatic rings. The number of halogens is 4. The summed E-state index contributed by atoms with van der Waals surface area (Å²) in [5.41, 5.74) is -0.956. The predicted molar refractivity (Wildman–Crippen MR) is 66.3 cm³/mol. The van der Waals surface area contributed by atoms with Crippen LogP contribution < -0.4 is 0 Å². The number of rotatable bonds is 3. The van der Waals surface area contributed by atoms with Gasteiger partial charge in [0.2, 0.25) is 0 Å². The van der Waals surface area contributed by atoms with Gasteiger partial charge >= 0.3 is 6.18 Å². The number of amides is 1. The zero-order valence-corrected chi connectivity index (χ0v) is 11.5. The van der Waals surface area contributed by atoms with Crippen LogP contribution in [0.4, 0.5) is 13.2 Å². The number of benzene rings is 1. The first-order valence-corrected chi connectivity index (χ1v) is 6.06. The molecule has 0 heterocycles. The van der Waals surface area contributed by atoms with Gasteiger partial charge in [0.05, 0.1) is 18.1 Å². The minimum Gasteiger partial charge on any atom is -0.341 e. The lowest BCUT2D eigenvalue weighted by Gasteiger charge is -2.17. The van der Waals surface area contributed by atoms with Crippen LogP contribution in [0.1, 0.15) is 22.3 Å². The van der Waals surface area contributed by atoms with Crippen LogP contribution in [0.5, 0.6) is 0 Å². The Morgan fingerprint density at radius 3 is 2.63 bits per heavy atom. The van der Waals surface area contributed by atoms with E-state index in [9.17, 15) is 18.0 Å². The largest absolute Gasteiger partial charge is 0.417 e. The summed E-state index contributed by atoms with van der Waals surface area (Å²) in [6.45, 7) is 0.173. The highest BCUT2D eigenvalue weighted by Crippen LogP contribution is 2.35. The lowest BCUT2D eigenvalue weighted by atomic mass is 10.1. The fraction of sp³-hybridized carbons (Fsp3) is 0.333. The molecule has 0 N–H and O–H groups in total. The molecule has 0 aromatic heterocycles. The van der Waals surface area contributed by atoms with Crippen LogP contribution in [0.3, 0.4) is 0 Å². The summed E-state index contributed by atoms with van der Waals surface area (Å²) in [7, 11) is 1.44. The van der Waals surface area contributed by atoms with Crippen molar-refractivity contribution in [3.63, 3.8) is 0 Å². The SMILES string of the molecule is CN(CCC#N)C(=O)c1ccc(Br)c(C(F)(F)F)c1. The van der Waals surface area contributed by atoms with Crippen LogP contribution in [0.15, 0.2) is 22.7 Å². The molecule has 0 spiro atoms. The molecule has 0 bridgehead atoms. The third kappa shape index (κ3) is 3.96. The molecular weight excluding hydrogens is 325 g/mol. The minimum absolute atomic E-state index is 0.0593. The Balaban J connectivity index is 3.03. The number of nitriles is 1. The lowest BCUT2D eigenvalue weighted by molar-refractivity contribution is -0.138. The fourth-order valence-electron chi connectivity index (χ4n) is 1.42. The van der Waals surface area contributed by atoms with Gasteiger partial charge in [-0.05, 0) is 18.2 Å². The number of alkyl halides is 3. The van der Waals surface area contributed by atoms with E-state index in [0.29, 0.717) is 0 Å². The predicted octanol–water partition coefficient (Wildman–Crippen LogP) is 3.45. The highest BCUT2D eigenvalue weighted by Gasteiger charge is 2.33. The maximum Gasteiger partial charge on any atom is 0.417 e. The third-order valence-corrected chi connectivity index (χ3v) is 3.12. The van der Waals surface area contributed by atoms with Gasteiger partial charge in [0.15, 0.2) is 0 Å². The molecule has 0 saturated heterocycles. The van der Waals surface area contributed by atoms with Crippen LogP contribution >= 0.6 is 15.9 Å². The second-order valence-corrected chi connectivity index (χ2v) is 4.68. The molecule has 0 aliphatic carbocycles. The van der Waals surface area contributed by atoms with E-state index in [1.807, 2.05) is 6.07 Å². The average molecular weight is 335 g/mol. The first-order chi connectivity index (χ1) is 8.77. The van der Waals surface area contributed by atoms with Gasteiger partial charge in [-0.15, -0.1) is 0 Å². The van der Waals surface area contributed by atoms with Gasteiger partial charge in [0, 0.05) is 23.6 Å². The molecule has 0 aliphatic heterocycles. The van der Waals surface area contributed by atoms with Crippen molar-refractivity contribution in [1.82, 2.24) is 4.90 Å². The van der Waals surface area contributed by atoms with Crippen molar-refractivity contribution in [2.45, 2.75) is 12.6 Å². The molecule has 7 heteroatoms. The Morgan fingerprint density at radius 1 is 1.47 bits per heavy atom. The highest BCUT2D eigenvalue weighted by atomic mass is 79.9. The summed E-state index contributed by atoms with van der Waals surface area (Å²) < 4.78 is 38.0. The lowest BCUT2D eigenvalue weighted by Crippen LogP contribution is -2.27. The molecule has 3 nitrogen and oxygen atoms in total. The van der Waals surface area contributed by atoms with Gasteiger partial charge in [-0.3, -0.25) is 4.79 Å². The quantitative estimate of drug-likeness (QED) is 0.849. The van der Waals surface area contributed by atoms with Crippen LogP contribution in [-0.4, -0.2) is 24.4 Å². The smallest absolute Gasteiger partial charge is 0.341 e. The number of nitrogens with zero attached hydrogens (tertiary/aromatic N) is 2. The Kier molecular flexibility index (Phi) is 4.95. The van der Waals surface area contributed by atoms with Crippen LogP contribution in [0, 0.1) is 11.3 Å². The molecule has 102 valence electrons. The first-order valence-electron chi connectivity index (χ1n) is 5.26. The van der Waals surface area contributed by atoms with Gasteiger partial charge < -0.3 is 4.90 Å². The van der Waals surface area contributed by atoms with E-state index >= 15 is 0 Å². The average Bonchev–Trinajstić information content (AvgIpc) is 2.34. The summed E-state index contributed by atoms with van der Waals surface area (Å²) in [5.74, 6) is -0.548. The monoisotopic (exact) mass is 334 g/mol. The van der Waals surface area contributed by atoms with Crippen LogP contribution in [-0.2, 0) is 6.18 Å². The van der Waals surface area contributed by atoms with E-state index < -0.39 is 17.6 Å². The summed E-state index contributed by atoms with van der Waals surface area (Å²) >= 11 is 2.81. The van der Waals surface area contributed by atoms with Gasteiger partial charge in [-0.25, -0.2) is 0 Å². The van der Waals surface area contributed by atoms with E-state index in [2.05, 4.69) is 15.9 Å². The molecule has 0 atom stereocenters. The molecular formula is C12H10BrF3N2O. The Labute approximate surface area is 116 Å². The summed E-state index contributed by atoms with van der Waals surface area (Å²) in [6.07, 6.45) is -4.40. The zero-order valence-electron chi connectivity index (χ0n) is 9.96. The number of hydrogen-bond acceptors (Lipinski definition) is 2. The fourth-order valence-corrected chi connectivity index (χ4v) is 1.89. The van der Waals surface area contributed by atoms with Crippen molar-refractivity contribution in [3.05, 3.63) is 33.8 Å². The van der Waals surface area contributed by atoms with E-state index in [0.717, 1.165) is 6.07 Å². The Hall–Kier alpha value is -1.55. The second-order valence-electron chi connectivity index (χ2n) is 3.83. The molecule has 1 aromatic rings. The molecule has 1 rings (SSSR count). The molecule has 0 saturated carbocycles. The summed E-state index contributed by atoms with van der Waals surface area (Å²) in [4.78, 5) is 13.1. The maximum absolute atomic E-state index is 12.7. The van der Waals surface area contributed by atoms with Crippen molar-refractivity contribution in [2.24, 2.45) is 0 Å². The van der Waals surface area contributed by atoms with Crippen molar-refractivity contribution in [3.8, 4) is 6.07 Å².